The summed E-state index contributed by atoms with van der Waals surface area (Å²) in [6, 6.07) is 0. The molecule has 1 fully saturated rings. The first-order valence-corrected chi connectivity index (χ1v) is 4.82. The molecule has 0 aromatic heterocycles. The lowest BCUT2D eigenvalue weighted by Crippen LogP contribution is -2.35. The standard InChI is InChI=1S/C9H17NO3/c1-3-8-7(5-6-12-8)9(11)10-13-4-2/h7-8H,3-6H2,1-2H3,(H,10,11). The minimum Gasteiger partial charge on any atom is -0.377 e. The van der Waals surface area contributed by atoms with Gasteiger partial charge in [0.05, 0.1) is 18.6 Å². The van der Waals surface area contributed by atoms with Gasteiger partial charge in [-0.2, -0.15) is 0 Å². The van der Waals surface area contributed by atoms with Gasteiger partial charge in [0.1, 0.15) is 0 Å². The number of carbonyl (C=O) groups is 1. The van der Waals surface area contributed by atoms with Gasteiger partial charge in [-0.3, -0.25) is 9.63 Å². The Morgan fingerprint density at radius 3 is 3.00 bits per heavy atom. The van der Waals surface area contributed by atoms with Crippen molar-refractivity contribution in [1.29, 1.82) is 0 Å². The predicted molar refractivity (Wildman–Crippen MR) is 47.9 cm³/mol. The Morgan fingerprint density at radius 2 is 2.38 bits per heavy atom. The van der Waals surface area contributed by atoms with Crippen LogP contribution in [-0.4, -0.2) is 25.2 Å². The van der Waals surface area contributed by atoms with E-state index >= 15 is 0 Å². The van der Waals surface area contributed by atoms with Crippen molar-refractivity contribution in [2.24, 2.45) is 5.92 Å². The number of ether oxygens (including phenoxy) is 1. The summed E-state index contributed by atoms with van der Waals surface area (Å²) < 4.78 is 5.40. The van der Waals surface area contributed by atoms with Crippen molar-refractivity contribution in [3.8, 4) is 0 Å². The van der Waals surface area contributed by atoms with E-state index in [0.717, 1.165) is 12.8 Å². The van der Waals surface area contributed by atoms with Gasteiger partial charge in [0, 0.05) is 6.61 Å². The molecule has 2 atom stereocenters. The van der Waals surface area contributed by atoms with Crippen LogP contribution in [0.25, 0.3) is 0 Å². The molecule has 0 saturated carbocycles. The quantitative estimate of drug-likeness (QED) is 0.664. The zero-order chi connectivity index (χ0) is 9.68. The highest BCUT2D eigenvalue weighted by atomic mass is 16.6. The molecule has 1 amide bonds. The molecule has 1 N–H and O–H groups in total. The fraction of sp³-hybridized carbons (Fsp3) is 0.889. The normalized spacial score (nSPS) is 27.5. The highest BCUT2D eigenvalue weighted by molar-refractivity contribution is 5.78. The van der Waals surface area contributed by atoms with Crippen molar-refractivity contribution in [3.63, 3.8) is 0 Å². The molecule has 1 heterocycles. The van der Waals surface area contributed by atoms with Crippen LogP contribution in [0.2, 0.25) is 0 Å². The van der Waals surface area contributed by atoms with Crippen molar-refractivity contribution < 1.29 is 14.4 Å². The van der Waals surface area contributed by atoms with Gasteiger partial charge in [-0.1, -0.05) is 6.92 Å². The first-order chi connectivity index (χ1) is 6.29. The largest absolute Gasteiger partial charge is 0.377 e. The molecule has 0 aromatic rings. The molecule has 0 spiro atoms. The van der Waals surface area contributed by atoms with E-state index in [1.54, 1.807) is 0 Å². The van der Waals surface area contributed by atoms with Crippen LogP contribution in [-0.2, 0) is 14.4 Å². The average molecular weight is 187 g/mol. The SMILES string of the molecule is CCONC(=O)C1CCOC1CC. The Morgan fingerprint density at radius 1 is 1.62 bits per heavy atom. The molecule has 13 heavy (non-hydrogen) atoms. The third kappa shape index (κ3) is 2.67. The number of rotatable bonds is 4. The number of amides is 1. The molecular formula is C9H17NO3. The third-order valence-electron chi connectivity index (χ3n) is 2.27. The molecule has 2 unspecified atom stereocenters. The number of hydroxylamine groups is 1. The smallest absolute Gasteiger partial charge is 0.249 e. The molecule has 0 bridgehead atoms. The van der Waals surface area contributed by atoms with Crippen molar-refractivity contribution in [2.45, 2.75) is 32.8 Å². The van der Waals surface area contributed by atoms with E-state index in [2.05, 4.69) is 5.48 Å². The number of carbonyl (C=O) groups excluding carboxylic acids is 1. The highest BCUT2D eigenvalue weighted by Gasteiger charge is 2.32. The van der Waals surface area contributed by atoms with Gasteiger partial charge in [-0.05, 0) is 19.8 Å². The molecule has 4 heteroatoms. The van der Waals surface area contributed by atoms with Gasteiger partial charge >= 0.3 is 0 Å². The van der Waals surface area contributed by atoms with Crippen LogP contribution in [0.4, 0.5) is 0 Å². The van der Waals surface area contributed by atoms with Crippen molar-refractivity contribution in [2.75, 3.05) is 13.2 Å². The average Bonchev–Trinajstić information content (AvgIpc) is 2.61. The second kappa shape index (κ2) is 5.19. The zero-order valence-corrected chi connectivity index (χ0v) is 8.21. The summed E-state index contributed by atoms with van der Waals surface area (Å²) in [4.78, 5) is 16.3. The molecule has 0 aliphatic carbocycles. The first kappa shape index (κ1) is 10.5. The summed E-state index contributed by atoms with van der Waals surface area (Å²) in [5, 5.41) is 0. The van der Waals surface area contributed by atoms with Crippen molar-refractivity contribution >= 4 is 5.91 Å². The van der Waals surface area contributed by atoms with Gasteiger partial charge in [0.2, 0.25) is 5.91 Å². The maximum absolute atomic E-state index is 11.5. The first-order valence-electron chi connectivity index (χ1n) is 4.82. The zero-order valence-electron chi connectivity index (χ0n) is 8.21. The molecule has 4 nitrogen and oxygen atoms in total. The second-order valence-corrected chi connectivity index (χ2v) is 3.11. The minimum atomic E-state index is -0.0498. The van der Waals surface area contributed by atoms with Gasteiger partial charge < -0.3 is 4.74 Å². The lowest BCUT2D eigenvalue weighted by molar-refractivity contribution is -0.139. The van der Waals surface area contributed by atoms with Crippen LogP contribution in [0.1, 0.15) is 26.7 Å². The lowest BCUT2D eigenvalue weighted by Gasteiger charge is -2.15. The van der Waals surface area contributed by atoms with Crippen LogP contribution >= 0.6 is 0 Å². The van der Waals surface area contributed by atoms with E-state index in [1.165, 1.54) is 0 Å². The number of hydrogen-bond acceptors (Lipinski definition) is 3. The number of nitrogens with one attached hydrogen (secondary N) is 1. The Balaban J connectivity index is 2.36. The summed E-state index contributed by atoms with van der Waals surface area (Å²) in [7, 11) is 0. The fourth-order valence-corrected chi connectivity index (χ4v) is 1.57. The Labute approximate surface area is 78.5 Å². The highest BCUT2D eigenvalue weighted by Crippen LogP contribution is 2.23. The van der Waals surface area contributed by atoms with E-state index < -0.39 is 0 Å². The topological polar surface area (TPSA) is 47.6 Å². The van der Waals surface area contributed by atoms with Crippen LogP contribution in [0.3, 0.4) is 0 Å². The molecule has 0 aromatic carbocycles. The molecular weight excluding hydrogens is 170 g/mol. The van der Waals surface area contributed by atoms with E-state index in [9.17, 15) is 4.79 Å². The van der Waals surface area contributed by atoms with E-state index in [0.29, 0.717) is 13.2 Å². The Hall–Kier alpha value is -0.610. The van der Waals surface area contributed by atoms with Gasteiger partial charge in [-0.25, -0.2) is 5.48 Å². The lowest BCUT2D eigenvalue weighted by atomic mass is 9.99. The van der Waals surface area contributed by atoms with Crippen LogP contribution in [0, 0.1) is 5.92 Å². The molecule has 1 saturated heterocycles. The van der Waals surface area contributed by atoms with Crippen LogP contribution in [0.5, 0.6) is 0 Å². The van der Waals surface area contributed by atoms with Crippen LogP contribution in [0.15, 0.2) is 0 Å². The summed E-state index contributed by atoms with van der Waals surface area (Å²) >= 11 is 0. The molecule has 76 valence electrons. The van der Waals surface area contributed by atoms with E-state index in [-0.39, 0.29) is 17.9 Å². The van der Waals surface area contributed by atoms with Crippen molar-refractivity contribution in [3.05, 3.63) is 0 Å². The molecule has 1 aliphatic heterocycles. The van der Waals surface area contributed by atoms with Gasteiger partial charge in [0.25, 0.3) is 0 Å². The maximum atomic E-state index is 11.5. The fourth-order valence-electron chi connectivity index (χ4n) is 1.57. The number of hydrogen-bond donors (Lipinski definition) is 1. The van der Waals surface area contributed by atoms with Crippen LogP contribution < -0.4 is 5.48 Å². The minimum absolute atomic E-state index is 0.0310. The predicted octanol–water partition coefficient (Wildman–Crippen LogP) is 0.869. The van der Waals surface area contributed by atoms with Crippen molar-refractivity contribution in [1.82, 2.24) is 5.48 Å². The Bertz CT molecular complexity index is 172. The maximum Gasteiger partial charge on any atom is 0.249 e. The molecule has 1 rings (SSSR count). The summed E-state index contributed by atoms with van der Waals surface area (Å²) in [5.41, 5.74) is 2.42. The Kier molecular flexibility index (Phi) is 4.18. The van der Waals surface area contributed by atoms with Gasteiger partial charge in [-0.15, -0.1) is 0 Å². The summed E-state index contributed by atoms with van der Waals surface area (Å²) in [5.74, 6) is -0.0808. The van der Waals surface area contributed by atoms with E-state index in [1.807, 2.05) is 13.8 Å². The van der Waals surface area contributed by atoms with Gasteiger partial charge in [0.15, 0.2) is 0 Å². The second-order valence-electron chi connectivity index (χ2n) is 3.11. The monoisotopic (exact) mass is 187 g/mol. The van der Waals surface area contributed by atoms with E-state index in [4.69, 9.17) is 9.57 Å². The molecule has 0 radical (unpaired) electrons. The summed E-state index contributed by atoms with van der Waals surface area (Å²) in [6.07, 6.45) is 1.75. The summed E-state index contributed by atoms with van der Waals surface area (Å²) in [6.45, 7) is 5.04. The molecule has 1 aliphatic rings. The third-order valence-corrected chi connectivity index (χ3v) is 2.27.